The van der Waals surface area contributed by atoms with Gasteiger partial charge in [-0.15, -0.1) is 0 Å². The molecule has 2 rings (SSSR count). The second-order valence-electron chi connectivity index (χ2n) is 3.22. The number of aryl methyl sites for hydroxylation is 1. The minimum atomic E-state index is 0.655. The van der Waals surface area contributed by atoms with Crippen LogP contribution in [0, 0.1) is 12.8 Å². The van der Waals surface area contributed by atoms with Gasteiger partial charge in [0, 0.05) is 5.22 Å². The van der Waals surface area contributed by atoms with Gasteiger partial charge >= 0.3 is 0 Å². The summed E-state index contributed by atoms with van der Waals surface area (Å²) in [6.07, 6.45) is 5.65. The molecular formula is C9H12N2. The average Bonchev–Trinajstić information content (AvgIpc) is 2.32. The van der Waals surface area contributed by atoms with Crippen LogP contribution in [0.25, 0.3) is 12.2 Å². The quantitative estimate of drug-likeness (QED) is 0.564. The van der Waals surface area contributed by atoms with Crippen molar-refractivity contribution in [1.29, 1.82) is 0 Å². The SMILES string of the molecule is Cc1n[nH]c2c1=CCC(C)C=2. The Kier molecular flexibility index (Phi) is 1.34. The summed E-state index contributed by atoms with van der Waals surface area (Å²) in [6, 6.07) is 0. The summed E-state index contributed by atoms with van der Waals surface area (Å²) in [5.41, 5.74) is 1.11. The summed E-state index contributed by atoms with van der Waals surface area (Å²) in [5.74, 6) is 0.655. The zero-order chi connectivity index (χ0) is 7.84. The van der Waals surface area contributed by atoms with Crippen LogP contribution in [0.15, 0.2) is 0 Å². The van der Waals surface area contributed by atoms with Crippen molar-refractivity contribution < 1.29 is 0 Å². The van der Waals surface area contributed by atoms with Crippen molar-refractivity contribution in [2.24, 2.45) is 5.92 Å². The highest BCUT2D eigenvalue weighted by Gasteiger charge is 2.03. The average molecular weight is 148 g/mol. The molecule has 1 aliphatic carbocycles. The fourth-order valence-corrected chi connectivity index (χ4v) is 1.50. The van der Waals surface area contributed by atoms with Gasteiger partial charge in [0.25, 0.3) is 0 Å². The van der Waals surface area contributed by atoms with E-state index < -0.39 is 0 Å². The third kappa shape index (κ3) is 0.985. The number of H-pyrrole nitrogens is 1. The van der Waals surface area contributed by atoms with E-state index in [0.717, 1.165) is 12.1 Å². The predicted octanol–water partition coefficient (Wildman–Crippen LogP) is 0.319. The van der Waals surface area contributed by atoms with E-state index in [1.165, 1.54) is 10.6 Å². The first kappa shape index (κ1) is 6.65. The molecule has 1 aromatic heterocycles. The molecule has 1 atom stereocenters. The predicted molar refractivity (Wildman–Crippen MR) is 45.3 cm³/mol. The number of nitrogens with zero attached hydrogens (tertiary/aromatic N) is 1. The number of aromatic nitrogens is 2. The number of hydrogen-bond donors (Lipinski definition) is 1. The molecule has 0 saturated carbocycles. The van der Waals surface area contributed by atoms with Crippen LogP contribution >= 0.6 is 0 Å². The smallest absolute Gasteiger partial charge is 0.0666 e. The van der Waals surface area contributed by atoms with Gasteiger partial charge < -0.3 is 0 Å². The molecule has 11 heavy (non-hydrogen) atoms. The third-order valence-corrected chi connectivity index (χ3v) is 2.17. The molecule has 0 amide bonds. The highest BCUT2D eigenvalue weighted by Crippen LogP contribution is 2.05. The maximum absolute atomic E-state index is 4.15. The van der Waals surface area contributed by atoms with Gasteiger partial charge in [0.05, 0.1) is 11.0 Å². The van der Waals surface area contributed by atoms with Crippen molar-refractivity contribution >= 4 is 12.2 Å². The molecule has 58 valence electrons. The van der Waals surface area contributed by atoms with Gasteiger partial charge in [0.2, 0.25) is 0 Å². The van der Waals surface area contributed by atoms with Crippen LogP contribution in [-0.4, -0.2) is 10.2 Å². The van der Waals surface area contributed by atoms with Crippen molar-refractivity contribution in [1.82, 2.24) is 10.2 Å². The first-order chi connectivity index (χ1) is 5.27. The minimum absolute atomic E-state index is 0.655. The Hall–Kier alpha value is -1.05. The number of hydrogen-bond acceptors (Lipinski definition) is 1. The fraction of sp³-hybridized carbons (Fsp3) is 0.444. The van der Waals surface area contributed by atoms with E-state index >= 15 is 0 Å². The lowest BCUT2D eigenvalue weighted by Gasteiger charge is -2.03. The van der Waals surface area contributed by atoms with E-state index in [1.807, 2.05) is 6.92 Å². The molecule has 1 aromatic rings. The molecule has 0 radical (unpaired) electrons. The topological polar surface area (TPSA) is 28.7 Å². The maximum atomic E-state index is 4.15. The van der Waals surface area contributed by atoms with Crippen molar-refractivity contribution in [3.05, 3.63) is 16.3 Å². The molecule has 1 N–H and O–H groups in total. The van der Waals surface area contributed by atoms with Gasteiger partial charge in [0.15, 0.2) is 0 Å². The lowest BCUT2D eigenvalue weighted by Crippen LogP contribution is -2.28. The Morgan fingerprint density at radius 2 is 2.45 bits per heavy atom. The molecule has 2 heteroatoms. The molecule has 0 aromatic carbocycles. The summed E-state index contributed by atoms with van der Waals surface area (Å²) < 4.78 is 0. The summed E-state index contributed by atoms with van der Waals surface area (Å²) >= 11 is 0. The van der Waals surface area contributed by atoms with Gasteiger partial charge in [-0.2, -0.15) is 5.10 Å². The number of nitrogens with one attached hydrogen (secondary N) is 1. The van der Waals surface area contributed by atoms with Gasteiger partial charge in [-0.1, -0.05) is 19.1 Å². The van der Waals surface area contributed by atoms with Crippen LogP contribution in [0.1, 0.15) is 19.0 Å². The minimum Gasteiger partial charge on any atom is -0.278 e. The number of fused-ring (bicyclic) bond motifs is 1. The zero-order valence-corrected chi connectivity index (χ0v) is 6.89. The number of rotatable bonds is 0. The van der Waals surface area contributed by atoms with Crippen LogP contribution < -0.4 is 10.6 Å². The van der Waals surface area contributed by atoms with Gasteiger partial charge in [-0.25, -0.2) is 0 Å². The molecular weight excluding hydrogens is 136 g/mol. The molecule has 1 heterocycles. The first-order valence-corrected chi connectivity index (χ1v) is 4.00. The standard InChI is InChI=1S/C9H12N2/c1-6-3-4-8-7(2)10-11-9(8)5-6/h4-6,11H,3H2,1-2H3. The summed E-state index contributed by atoms with van der Waals surface area (Å²) in [4.78, 5) is 0. The van der Waals surface area contributed by atoms with Crippen molar-refractivity contribution in [2.75, 3.05) is 0 Å². The highest BCUT2D eigenvalue weighted by atomic mass is 15.1. The summed E-state index contributed by atoms with van der Waals surface area (Å²) in [7, 11) is 0. The third-order valence-electron chi connectivity index (χ3n) is 2.17. The zero-order valence-electron chi connectivity index (χ0n) is 6.89. The van der Waals surface area contributed by atoms with E-state index in [1.54, 1.807) is 0 Å². The Morgan fingerprint density at radius 1 is 1.64 bits per heavy atom. The van der Waals surface area contributed by atoms with Crippen LogP contribution in [0.3, 0.4) is 0 Å². The van der Waals surface area contributed by atoms with Crippen LogP contribution in [0.4, 0.5) is 0 Å². The van der Waals surface area contributed by atoms with E-state index in [2.05, 4.69) is 29.3 Å². The van der Waals surface area contributed by atoms with Crippen molar-refractivity contribution in [2.45, 2.75) is 20.3 Å². The highest BCUT2D eigenvalue weighted by molar-refractivity contribution is 5.38. The van der Waals surface area contributed by atoms with Crippen molar-refractivity contribution in [3.8, 4) is 0 Å². The Balaban J connectivity index is 2.76. The van der Waals surface area contributed by atoms with Crippen LogP contribution in [0.2, 0.25) is 0 Å². The maximum Gasteiger partial charge on any atom is 0.0666 e. The lowest BCUT2D eigenvalue weighted by atomic mass is 10.0. The monoisotopic (exact) mass is 148 g/mol. The molecule has 0 aliphatic heterocycles. The molecule has 1 aliphatic rings. The summed E-state index contributed by atoms with van der Waals surface area (Å²) in [5, 5.41) is 9.65. The lowest BCUT2D eigenvalue weighted by molar-refractivity contribution is 0.796. The van der Waals surface area contributed by atoms with Gasteiger partial charge in [-0.3, -0.25) is 5.10 Å². The molecule has 2 nitrogen and oxygen atoms in total. The first-order valence-electron chi connectivity index (χ1n) is 4.00. The van der Waals surface area contributed by atoms with E-state index in [4.69, 9.17) is 0 Å². The van der Waals surface area contributed by atoms with Gasteiger partial charge in [-0.05, 0) is 19.3 Å². The van der Waals surface area contributed by atoms with Crippen molar-refractivity contribution in [3.63, 3.8) is 0 Å². The number of aromatic amines is 1. The molecule has 1 unspecified atom stereocenters. The van der Waals surface area contributed by atoms with Gasteiger partial charge in [0.1, 0.15) is 0 Å². The second-order valence-corrected chi connectivity index (χ2v) is 3.22. The fourth-order valence-electron chi connectivity index (χ4n) is 1.50. The van der Waals surface area contributed by atoms with E-state index in [-0.39, 0.29) is 0 Å². The second kappa shape index (κ2) is 2.22. The Morgan fingerprint density at radius 3 is 3.27 bits per heavy atom. The van der Waals surface area contributed by atoms with Crippen LogP contribution in [-0.2, 0) is 0 Å². The van der Waals surface area contributed by atoms with E-state index in [0.29, 0.717) is 5.92 Å². The molecule has 0 bridgehead atoms. The largest absolute Gasteiger partial charge is 0.278 e. The molecule has 0 saturated heterocycles. The Bertz CT molecular complexity index is 373. The molecule has 0 spiro atoms. The normalized spacial score (nSPS) is 21.8. The van der Waals surface area contributed by atoms with E-state index in [9.17, 15) is 0 Å². The van der Waals surface area contributed by atoms with Crippen LogP contribution in [0.5, 0.6) is 0 Å². The summed E-state index contributed by atoms with van der Waals surface area (Å²) in [6.45, 7) is 4.26. The molecule has 0 fully saturated rings. The Labute approximate surface area is 65.6 Å².